The first kappa shape index (κ1) is 13.6. The first-order chi connectivity index (χ1) is 8.69. The summed E-state index contributed by atoms with van der Waals surface area (Å²) in [6.45, 7) is 0. The van der Waals surface area contributed by atoms with Crippen molar-refractivity contribution in [1.82, 2.24) is 0 Å². The molecule has 4 heteroatoms. The van der Waals surface area contributed by atoms with Crippen LogP contribution in [0.4, 0.5) is 0 Å². The molecule has 1 N–H and O–H groups in total. The van der Waals surface area contributed by atoms with E-state index in [0.717, 1.165) is 15.8 Å². The molecular formula is C14H15BrO2S. The fraction of sp³-hybridized carbons (Fsp3) is 0.286. The van der Waals surface area contributed by atoms with Crippen molar-refractivity contribution >= 4 is 27.3 Å². The minimum absolute atomic E-state index is 0.344. The molecule has 96 valence electrons. The lowest BCUT2D eigenvalue weighted by molar-refractivity contribution is 0.176. The lowest BCUT2D eigenvalue weighted by atomic mass is 10.1. The Balaban J connectivity index is 1.98. The van der Waals surface area contributed by atoms with E-state index in [1.165, 1.54) is 4.88 Å². The summed E-state index contributed by atoms with van der Waals surface area (Å²) < 4.78 is 6.10. The second-order valence-electron chi connectivity index (χ2n) is 4.11. The molecule has 0 radical (unpaired) electrons. The van der Waals surface area contributed by atoms with Crippen molar-refractivity contribution in [3.8, 4) is 5.75 Å². The maximum atomic E-state index is 10.1. The summed E-state index contributed by atoms with van der Waals surface area (Å²) in [5, 5.41) is 12.1. The van der Waals surface area contributed by atoms with Gasteiger partial charge in [0.2, 0.25) is 0 Å². The van der Waals surface area contributed by atoms with E-state index in [4.69, 9.17) is 4.74 Å². The highest BCUT2D eigenvalue weighted by molar-refractivity contribution is 9.10. The normalized spacial score (nSPS) is 12.4. The largest absolute Gasteiger partial charge is 0.496 e. The van der Waals surface area contributed by atoms with E-state index >= 15 is 0 Å². The molecule has 1 unspecified atom stereocenters. The second-order valence-corrected chi connectivity index (χ2v) is 6.00. The van der Waals surface area contributed by atoms with Gasteiger partial charge in [0.05, 0.1) is 17.7 Å². The zero-order chi connectivity index (χ0) is 13.0. The van der Waals surface area contributed by atoms with Crippen LogP contribution in [0.25, 0.3) is 0 Å². The number of halogens is 1. The van der Waals surface area contributed by atoms with Gasteiger partial charge in [0.25, 0.3) is 0 Å². The molecule has 18 heavy (non-hydrogen) atoms. The Morgan fingerprint density at radius 3 is 2.78 bits per heavy atom. The molecule has 0 fully saturated rings. The fourth-order valence-electron chi connectivity index (χ4n) is 1.84. The maximum Gasteiger partial charge on any atom is 0.133 e. The summed E-state index contributed by atoms with van der Waals surface area (Å²) in [6.07, 6.45) is 1.02. The molecule has 1 atom stereocenters. The monoisotopic (exact) mass is 326 g/mol. The molecule has 2 aromatic rings. The molecule has 0 spiro atoms. The number of hydrogen-bond donors (Lipinski definition) is 1. The number of methoxy groups -OCH3 is 1. The van der Waals surface area contributed by atoms with Gasteiger partial charge in [-0.3, -0.25) is 0 Å². The van der Waals surface area contributed by atoms with Crippen molar-refractivity contribution < 1.29 is 9.84 Å². The molecule has 0 aliphatic carbocycles. The Kier molecular flexibility index (Phi) is 4.80. The first-order valence-corrected chi connectivity index (χ1v) is 7.39. The van der Waals surface area contributed by atoms with Crippen LogP contribution < -0.4 is 4.74 Å². The predicted molar refractivity (Wildman–Crippen MR) is 78.4 cm³/mol. The highest BCUT2D eigenvalue weighted by Gasteiger charge is 2.09. The first-order valence-electron chi connectivity index (χ1n) is 5.72. The van der Waals surface area contributed by atoms with Crippen LogP contribution in [0, 0.1) is 0 Å². The molecule has 1 aromatic carbocycles. The van der Waals surface area contributed by atoms with Gasteiger partial charge in [0.15, 0.2) is 0 Å². The molecule has 0 aliphatic heterocycles. The highest BCUT2D eigenvalue weighted by Crippen LogP contribution is 2.26. The van der Waals surface area contributed by atoms with Crippen molar-refractivity contribution in [2.24, 2.45) is 0 Å². The Morgan fingerprint density at radius 2 is 2.17 bits per heavy atom. The lowest BCUT2D eigenvalue weighted by Gasteiger charge is -2.11. The van der Waals surface area contributed by atoms with Gasteiger partial charge in [-0.2, -0.15) is 0 Å². The van der Waals surface area contributed by atoms with E-state index in [0.29, 0.717) is 12.8 Å². The van der Waals surface area contributed by atoms with Crippen LogP contribution in [0.15, 0.2) is 40.2 Å². The van der Waals surface area contributed by atoms with Gasteiger partial charge >= 0.3 is 0 Å². The molecule has 0 bridgehead atoms. The molecule has 2 rings (SSSR count). The summed E-state index contributed by atoms with van der Waals surface area (Å²) in [6, 6.07) is 9.96. The third-order valence-electron chi connectivity index (χ3n) is 2.70. The van der Waals surface area contributed by atoms with Crippen molar-refractivity contribution in [3.63, 3.8) is 0 Å². The van der Waals surface area contributed by atoms with Gasteiger partial charge in [-0.05, 0) is 51.5 Å². The number of rotatable bonds is 5. The number of aliphatic hydroxyl groups excluding tert-OH is 1. The van der Waals surface area contributed by atoms with Crippen LogP contribution in [0.5, 0.6) is 5.75 Å². The SMILES string of the molecule is COc1ccc(CC(O)Cc2cccs2)cc1Br. The molecule has 2 nitrogen and oxygen atoms in total. The van der Waals surface area contributed by atoms with Gasteiger partial charge in [-0.25, -0.2) is 0 Å². The van der Waals surface area contributed by atoms with Crippen LogP contribution in [0.2, 0.25) is 0 Å². The van der Waals surface area contributed by atoms with Crippen LogP contribution in [-0.4, -0.2) is 18.3 Å². The minimum atomic E-state index is -0.344. The lowest BCUT2D eigenvalue weighted by Crippen LogP contribution is -2.13. The van der Waals surface area contributed by atoms with Crippen molar-refractivity contribution in [1.29, 1.82) is 0 Å². The van der Waals surface area contributed by atoms with Gasteiger partial charge in [-0.15, -0.1) is 11.3 Å². The number of ether oxygens (including phenoxy) is 1. The van der Waals surface area contributed by atoms with E-state index in [-0.39, 0.29) is 6.10 Å². The molecule has 1 heterocycles. The maximum absolute atomic E-state index is 10.1. The average molecular weight is 327 g/mol. The number of thiophene rings is 1. The van der Waals surface area contributed by atoms with E-state index in [2.05, 4.69) is 22.0 Å². The van der Waals surface area contributed by atoms with E-state index in [9.17, 15) is 5.11 Å². The molecule has 0 saturated heterocycles. The molecule has 0 amide bonds. The fourth-order valence-corrected chi connectivity index (χ4v) is 3.21. The summed E-state index contributed by atoms with van der Waals surface area (Å²) >= 11 is 5.14. The van der Waals surface area contributed by atoms with Gasteiger partial charge in [0.1, 0.15) is 5.75 Å². The number of hydrogen-bond acceptors (Lipinski definition) is 3. The zero-order valence-corrected chi connectivity index (χ0v) is 12.5. The highest BCUT2D eigenvalue weighted by atomic mass is 79.9. The van der Waals surface area contributed by atoms with Crippen molar-refractivity contribution in [3.05, 3.63) is 50.6 Å². The third-order valence-corrected chi connectivity index (χ3v) is 4.22. The number of benzene rings is 1. The third kappa shape index (κ3) is 3.57. The molecule has 0 aliphatic rings. The molecule has 0 saturated carbocycles. The van der Waals surface area contributed by atoms with Crippen LogP contribution in [0.1, 0.15) is 10.4 Å². The summed E-state index contributed by atoms with van der Waals surface area (Å²) in [5.74, 6) is 0.812. The van der Waals surface area contributed by atoms with Crippen LogP contribution >= 0.6 is 27.3 Å². The van der Waals surface area contributed by atoms with Gasteiger partial charge in [-0.1, -0.05) is 12.1 Å². The average Bonchev–Trinajstić information content (AvgIpc) is 2.82. The number of aliphatic hydroxyl groups is 1. The van der Waals surface area contributed by atoms with E-state index in [1.807, 2.05) is 29.6 Å². The van der Waals surface area contributed by atoms with Crippen LogP contribution in [-0.2, 0) is 12.8 Å². The Hall–Kier alpha value is -0.840. The summed E-state index contributed by atoms with van der Waals surface area (Å²) in [7, 11) is 1.64. The quantitative estimate of drug-likeness (QED) is 0.908. The van der Waals surface area contributed by atoms with Gasteiger partial charge in [0, 0.05) is 11.3 Å². The smallest absolute Gasteiger partial charge is 0.133 e. The van der Waals surface area contributed by atoms with Crippen molar-refractivity contribution in [2.75, 3.05) is 7.11 Å². The van der Waals surface area contributed by atoms with Gasteiger partial charge < -0.3 is 9.84 Å². The van der Waals surface area contributed by atoms with Crippen LogP contribution in [0.3, 0.4) is 0 Å². The Labute approximate surface area is 119 Å². The van der Waals surface area contributed by atoms with E-state index in [1.54, 1.807) is 18.4 Å². The topological polar surface area (TPSA) is 29.5 Å². The second kappa shape index (κ2) is 6.36. The summed E-state index contributed by atoms with van der Waals surface area (Å²) in [4.78, 5) is 1.22. The molecule has 1 aromatic heterocycles. The predicted octanol–water partition coefficient (Wildman–Crippen LogP) is 3.67. The zero-order valence-electron chi connectivity index (χ0n) is 10.1. The van der Waals surface area contributed by atoms with Crippen molar-refractivity contribution in [2.45, 2.75) is 18.9 Å². The standard InChI is InChI=1S/C14H15BrO2S/c1-17-14-5-4-10(8-13(14)15)7-11(16)9-12-3-2-6-18-12/h2-6,8,11,16H,7,9H2,1H3. The molecular weight excluding hydrogens is 312 g/mol. The van der Waals surface area contributed by atoms with E-state index < -0.39 is 0 Å². The summed E-state index contributed by atoms with van der Waals surface area (Å²) in [5.41, 5.74) is 1.10. The Morgan fingerprint density at radius 1 is 1.33 bits per heavy atom. The minimum Gasteiger partial charge on any atom is -0.496 e. The Bertz CT molecular complexity index is 497.